The highest BCUT2D eigenvalue weighted by molar-refractivity contribution is 5.92. The molecule has 1 aliphatic heterocycles. The van der Waals surface area contributed by atoms with Gasteiger partial charge in [0.2, 0.25) is 0 Å². The van der Waals surface area contributed by atoms with Crippen molar-refractivity contribution in [3.63, 3.8) is 0 Å². The lowest BCUT2D eigenvalue weighted by Crippen LogP contribution is -2.34. The first-order valence-electron chi connectivity index (χ1n) is 31.6. The van der Waals surface area contributed by atoms with Crippen molar-refractivity contribution in [3.05, 3.63) is 165 Å². The molecule has 12 aromatic rings. The molecule has 0 radical (unpaired) electrons. The topological polar surface area (TPSA) is 269 Å². The lowest BCUT2D eigenvalue weighted by Gasteiger charge is -2.31. The fraction of sp³-hybridized carbons (Fsp3) is 0.288. The van der Waals surface area contributed by atoms with Crippen LogP contribution in [0.25, 0.3) is 66.9 Å². The van der Waals surface area contributed by atoms with Crippen molar-refractivity contribution in [1.82, 2.24) is 70.3 Å². The molecule has 0 aliphatic carbocycles. The molecule has 6 aromatic carbocycles. The molecule has 0 bridgehead atoms. The number of nitrogens with two attached hydrogens (primary N) is 1. The van der Waals surface area contributed by atoms with Crippen LogP contribution < -0.4 is 59.5 Å². The molecule has 1 aliphatic rings. The zero-order valence-electron chi connectivity index (χ0n) is 56.2. The zero-order valence-corrected chi connectivity index (χ0v) is 56.2. The minimum absolute atomic E-state index is 0. The van der Waals surface area contributed by atoms with Gasteiger partial charge in [-0.15, -0.1) is 0 Å². The van der Waals surface area contributed by atoms with E-state index in [1.165, 1.54) is 0 Å². The smallest absolute Gasteiger partial charge is 0.401 e. The van der Waals surface area contributed by atoms with Crippen molar-refractivity contribution in [2.45, 2.75) is 40.4 Å². The lowest BCUT2D eigenvalue weighted by molar-refractivity contribution is -0.124. The number of hydrogen-bond donors (Lipinski definition) is 4. The minimum Gasteiger partial charge on any atom is -0.497 e. The summed E-state index contributed by atoms with van der Waals surface area (Å²) < 4.78 is 73.8. The van der Waals surface area contributed by atoms with E-state index in [4.69, 9.17) is 49.1 Å². The van der Waals surface area contributed by atoms with Gasteiger partial charge < -0.3 is 59.5 Å². The highest BCUT2D eigenvalue weighted by atomic mass is 19.4. The molecule has 0 fully saturated rings. The summed E-state index contributed by atoms with van der Waals surface area (Å²) in [4.78, 5) is 39.0. The van der Waals surface area contributed by atoms with Gasteiger partial charge in [0.05, 0.1) is 150 Å². The Kier molecular flexibility index (Phi) is 24.6. The lowest BCUT2D eigenvalue weighted by atomic mass is 10.1. The Morgan fingerprint density at radius 3 is 1.38 bits per heavy atom. The van der Waals surface area contributed by atoms with E-state index in [9.17, 15) is 13.2 Å². The monoisotopic (exact) mass is 1380 g/mol. The summed E-state index contributed by atoms with van der Waals surface area (Å²) in [5.74, 6) is 4.99. The quantitative estimate of drug-likeness (QED) is 0.0409. The third-order valence-corrected chi connectivity index (χ3v) is 16.1. The minimum atomic E-state index is -4.25. The number of methoxy groups -OCH3 is 6. The number of nitrogens with one attached hydrogen (secondary N) is 3. The van der Waals surface area contributed by atoms with Gasteiger partial charge in [-0.25, -0.2) is 15.0 Å². The molecule has 0 spiro atoms. The van der Waals surface area contributed by atoms with Crippen molar-refractivity contribution in [2.24, 2.45) is 24.8 Å². The van der Waals surface area contributed by atoms with E-state index in [0.29, 0.717) is 60.3 Å². The van der Waals surface area contributed by atoms with E-state index >= 15 is 0 Å². The molecule has 7 heterocycles. The molecule has 13 rings (SSSR count). The molecule has 5 N–H and O–H groups in total. The highest BCUT2D eigenvalue weighted by Gasteiger charge is 2.27. The summed E-state index contributed by atoms with van der Waals surface area (Å²) in [6.07, 6.45) is 12.3. The van der Waals surface area contributed by atoms with Crippen LogP contribution in [0.5, 0.6) is 34.5 Å². The van der Waals surface area contributed by atoms with Crippen LogP contribution in [0, 0.1) is 0 Å². The van der Waals surface area contributed by atoms with E-state index in [0.717, 1.165) is 120 Å². The molecule has 1 atom stereocenters. The van der Waals surface area contributed by atoms with Gasteiger partial charge in [-0.1, -0.05) is 14.9 Å². The number of fused-ring (bicyclic) bond motifs is 3. The first-order valence-corrected chi connectivity index (χ1v) is 31.6. The number of H-pyrrole nitrogens is 1. The van der Waals surface area contributed by atoms with Crippen LogP contribution in [-0.2, 0) is 14.1 Å². The van der Waals surface area contributed by atoms with Gasteiger partial charge in [0, 0.05) is 164 Å². The summed E-state index contributed by atoms with van der Waals surface area (Å²) in [6.45, 7) is 4.38. The number of benzene rings is 6. The van der Waals surface area contributed by atoms with Gasteiger partial charge in [-0.05, 0) is 74.5 Å². The molecule has 25 nitrogen and oxygen atoms in total. The number of amidine groups is 1. The number of alkyl halides is 3. The third-order valence-electron chi connectivity index (χ3n) is 16.1. The Hall–Kier alpha value is -11.7. The van der Waals surface area contributed by atoms with Gasteiger partial charge >= 0.3 is 6.18 Å². The number of nitrogens with zero attached hydrogens (tertiary/aromatic N) is 15. The van der Waals surface area contributed by atoms with E-state index in [2.05, 4.69) is 67.7 Å². The summed E-state index contributed by atoms with van der Waals surface area (Å²) in [7, 11) is 13.5. The Morgan fingerprint density at radius 1 is 0.535 bits per heavy atom. The van der Waals surface area contributed by atoms with Crippen LogP contribution in [0.3, 0.4) is 0 Å². The first-order chi connectivity index (χ1) is 48.0. The maximum absolute atomic E-state index is 12.5. The maximum Gasteiger partial charge on any atom is 0.401 e. The first kappa shape index (κ1) is 73.6. The van der Waals surface area contributed by atoms with Crippen LogP contribution in [0.1, 0.15) is 28.2 Å². The standard InChI is InChI=1S/C24H25F3N6O2.C24H25N7O2.C23H26N6O2.2CH4/c1-34-19-8-18(9-20(11-19)35-2)33(7-3-6-28-15-24(25,26)27)17-4-5-21-22(10-17)32-23(14-29-21)16-12-30-31-13-16;1-30-14-16(12-28-30)23-13-27-21-5-4-17(10-22(21)29-23)31(15-24-25-6-7-26-24)18-8-19(32-2)11-20(9-18)33-3;1-15(11-24)29(18-7-19(30-3)10-20(8-18)31-4)17-5-6-21-22(9-17)27-23(13-25-21)16-12-26-28(2)14-16;;/h4-5,8-14,28H,3,6-7,15H2,1-2H3,(H,30,31);4-5,8-14H,6-7,15H2,1-3H3,(H,25,26);5-10,12-15H,11,24H2,1-4H3;2*1H4/t;;15-;;/m..0../s1. The van der Waals surface area contributed by atoms with Crippen molar-refractivity contribution in [2.75, 3.05) is 103 Å². The molecular formula is C73H84F3N19O6. The summed E-state index contributed by atoms with van der Waals surface area (Å²) in [5.41, 5.74) is 20.9. The van der Waals surface area contributed by atoms with Gasteiger partial charge in [-0.3, -0.25) is 34.4 Å². The van der Waals surface area contributed by atoms with Gasteiger partial charge in [0.25, 0.3) is 0 Å². The van der Waals surface area contributed by atoms with E-state index in [1.807, 2.05) is 135 Å². The van der Waals surface area contributed by atoms with Gasteiger partial charge in [0.15, 0.2) is 0 Å². The third kappa shape index (κ3) is 18.4. The average molecular weight is 1380 g/mol. The second-order valence-electron chi connectivity index (χ2n) is 22.9. The number of rotatable bonds is 24. The van der Waals surface area contributed by atoms with Crippen LogP contribution in [0.4, 0.5) is 47.3 Å². The van der Waals surface area contributed by atoms with E-state index in [-0.39, 0.29) is 27.4 Å². The number of aryl methyl sites for hydroxylation is 2. The number of aliphatic imine (C=N–C) groups is 1. The van der Waals surface area contributed by atoms with E-state index < -0.39 is 12.7 Å². The largest absolute Gasteiger partial charge is 0.497 e. The van der Waals surface area contributed by atoms with Crippen molar-refractivity contribution in [3.8, 4) is 68.3 Å². The molecule has 101 heavy (non-hydrogen) atoms. The van der Waals surface area contributed by atoms with Crippen LogP contribution in [0.15, 0.2) is 170 Å². The second kappa shape index (κ2) is 33.7. The molecule has 6 aromatic heterocycles. The Morgan fingerprint density at radius 2 is 0.970 bits per heavy atom. The normalized spacial score (nSPS) is 12.0. The predicted molar refractivity (Wildman–Crippen MR) is 391 cm³/mol. The van der Waals surface area contributed by atoms with Crippen LogP contribution in [0.2, 0.25) is 0 Å². The highest BCUT2D eigenvalue weighted by Crippen LogP contribution is 2.39. The van der Waals surface area contributed by atoms with Gasteiger partial charge in [0.1, 0.15) is 40.3 Å². The predicted octanol–water partition coefficient (Wildman–Crippen LogP) is 12.7. The van der Waals surface area contributed by atoms with Gasteiger partial charge in [-0.2, -0.15) is 28.5 Å². The molecule has 0 unspecified atom stereocenters. The molecule has 0 saturated carbocycles. The fourth-order valence-corrected chi connectivity index (χ4v) is 11.0. The number of ether oxygens (including phenoxy) is 6. The second-order valence-corrected chi connectivity index (χ2v) is 22.9. The molecule has 528 valence electrons. The Balaban J connectivity index is 0.000000175. The van der Waals surface area contributed by atoms with Crippen molar-refractivity contribution in [1.29, 1.82) is 0 Å². The van der Waals surface area contributed by atoms with Crippen LogP contribution >= 0.6 is 0 Å². The number of aromatic nitrogens is 12. The fourth-order valence-electron chi connectivity index (χ4n) is 11.0. The molecular weight excluding hydrogens is 1300 g/mol. The molecule has 28 heteroatoms. The van der Waals surface area contributed by atoms with Crippen molar-refractivity contribution >= 4 is 73.1 Å². The summed E-state index contributed by atoms with van der Waals surface area (Å²) in [6, 6.07) is 34.9. The average Bonchev–Trinajstić information content (AvgIpc) is 1.53. The van der Waals surface area contributed by atoms with Crippen LogP contribution in [-0.4, -0.2) is 166 Å². The summed E-state index contributed by atoms with van der Waals surface area (Å²) in [5, 5.41) is 21.0. The number of halogens is 3. The Labute approximate surface area is 584 Å². The number of hydrogen-bond acceptors (Lipinski definition) is 22. The zero-order chi connectivity index (χ0) is 69.6. The maximum atomic E-state index is 12.5. The molecule has 0 amide bonds. The Bertz CT molecular complexity index is 4680. The summed E-state index contributed by atoms with van der Waals surface area (Å²) >= 11 is 0. The number of aromatic amines is 1. The number of anilines is 6. The molecule has 0 saturated heterocycles. The van der Waals surface area contributed by atoms with E-state index in [1.54, 1.807) is 101 Å². The van der Waals surface area contributed by atoms with Crippen molar-refractivity contribution < 1.29 is 41.6 Å². The SMILES string of the molecule is C.C.COc1cc(OC)cc(N(CC2=NCCN2)c2ccc3ncc(-c4cnn(C)c4)nc3c2)c1.COc1cc(OC)cc(N(CCCNCC(F)(F)F)c2ccc3ncc(-c4cn[nH]c4)nc3c2)c1.COc1cc(OC)cc(N(c2ccc3ncc(-c4cnn(C)c4)nc3c2)[C@@H](C)CN)c1.